The molecule has 0 fully saturated rings. The number of aryl methyl sites for hydroxylation is 2. The van der Waals surface area contributed by atoms with Gasteiger partial charge >= 0.3 is 0 Å². The van der Waals surface area contributed by atoms with Gasteiger partial charge in [0.15, 0.2) is 29.7 Å². The van der Waals surface area contributed by atoms with Crippen LogP contribution in [0, 0.1) is 0 Å². The van der Waals surface area contributed by atoms with Crippen molar-refractivity contribution in [3.05, 3.63) is 34.4 Å². The number of hydrogen-bond acceptors (Lipinski definition) is 6. The van der Waals surface area contributed by atoms with Crippen molar-refractivity contribution in [3.8, 4) is 11.4 Å². The fourth-order valence-corrected chi connectivity index (χ4v) is 7.09. The molecule has 0 spiro atoms. The molecule has 6 nitrogen and oxygen atoms in total. The van der Waals surface area contributed by atoms with E-state index in [1.54, 1.807) is 27.7 Å². The first-order chi connectivity index (χ1) is 15.0. The van der Waals surface area contributed by atoms with Gasteiger partial charge in [0.05, 0.1) is 21.9 Å². The SMILES string of the molecule is CC(C)S(=O)(=O)c1nc(-c2cc3c(c(S(=O)(=O)C(C)C)n2)CCCC3)cc2c1CCCC2. The van der Waals surface area contributed by atoms with E-state index < -0.39 is 30.2 Å². The van der Waals surface area contributed by atoms with Gasteiger partial charge in [-0.3, -0.25) is 0 Å². The highest BCUT2D eigenvalue weighted by Crippen LogP contribution is 2.35. The van der Waals surface area contributed by atoms with E-state index in [2.05, 4.69) is 9.97 Å². The van der Waals surface area contributed by atoms with Gasteiger partial charge < -0.3 is 0 Å². The Labute approximate surface area is 191 Å². The summed E-state index contributed by atoms with van der Waals surface area (Å²) in [6.07, 6.45) is 6.90. The highest BCUT2D eigenvalue weighted by Gasteiger charge is 2.31. The van der Waals surface area contributed by atoms with Gasteiger partial charge in [0.1, 0.15) is 0 Å². The van der Waals surface area contributed by atoms with Gasteiger partial charge in [0.2, 0.25) is 0 Å². The van der Waals surface area contributed by atoms with E-state index in [1.807, 2.05) is 12.1 Å². The molecule has 0 bridgehead atoms. The maximum absolute atomic E-state index is 13.2. The van der Waals surface area contributed by atoms with E-state index in [4.69, 9.17) is 0 Å². The van der Waals surface area contributed by atoms with Crippen LogP contribution in [0.2, 0.25) is 0 Å². The summed E-state index contributed by atoms with van der Waals surface area (Å²) >= 11 is 0. The lowest BCUT2D eigenvalue weighted by molar-refractivity contribution is 0.575. The molecular weight excluding hydrogens is 444 g/mol. The second-order valence-corrected chi connectivity index (χ2v) is 14.3. The predicted octanol–water partition coefficient (Wildman–Crippen LogP) is 4.27. The summed E-state index contributed by atoms with van der Waals surface area (Å²) in [5.41, 5.74) is 4.54. The topological polar surface area (TPSA) is 94.1 Å². The summed E-state index contributed by atoms with van der Waals surface area (Å²) in [6, 6.07) is 3.86. The van der Waals surface area contributed by atoms with Gasteiger partial charge in [0.25, 0.3) is 0 Å². The molecule has 2 heterocycles. The number of pyridine rings is 2. The summed E-state index contributed by atoms with van der Waals surface area (Å²) in [6.45, 7) is 6.68. The van der Waals surface area contributed by atoms with Gasteiger partial charge in [0, 0.05) is 0 Å². The van der Waals surface area contributed by atoms with Crippen LogP contribution in [-0.2, 0) is 45.4 Å². The molecule has 2 aliphatic rings. The molecule has 0 N–H and O–H groups in total. The van der Waals surface area contributed by atoms with Crippen LogP contribution in [0.25, 0.3) is 11.4 Å². The van der Waals surface area contributed by atoms with E-state index >= 15 is 0 Å². The average Bonchev–Trinajstić information content (AvgIpc) is 2.77. The van der Waals surface area contributed by atoms with Crippen molar-refractivity contribution in [1.82, 2.24) is 9.97 Å². The van der Waals surface area contributed by atoms with Crippen LogP contribution in [0.4, 0.5) is 0 Å². The Hall–Kier alpha value is -1.80. The van der Waals surface area contributed by atoms with Gasteiger partial charge in [-0.25, -0.2) is 26.8 Å². The molecule has 0 saturated heterocycles. The van der Waals surface area contributed by atoms with E-state index in [-0.39, 0.29) is 10.1 Å². The van der Waals surface area contributed by atoms with Crippen LogP contribution >= 0.6 is 0 Å². The first-order valence-corrected chi connectivity index (χ1v) is 14.7. The van der Waals surface area contributed by atoms with Gasteiger partial charge in [-0.2, -0.15) is 0 Å². The molecule has 0 saturated carbocycles. The molecule has 0 amide bonds. The quantitative estimate of drug-likeness (QED) is 0.640. The highest BCUT2D eigenvalue weighted by molar-refractivity contribution is 7.92. The largest absolute Gasteiger partial charge is 0.234 e. The van der Waals surface area contributed by atoms with Crippen molar-refractivity contribution in [1.29, 1.82) is 0 Å². The van der Waals surface area contributed by atoms with Gasteiger partial charge in [-0.1, -0.05) is 0 Å². The van der Waals surface area contributed by atoms with Crippen molar-refractivity contribution < 1.29 is 16.8 Å². The fourth-order valence-electron chi connectivity index (χ4n) is 4.59. The fraction of sp³-hybridized carbons (Fsp3) is 0.583. The first kappa shape index (κ1) is 23.4. The molecule has 2 aromatic heterocycles. The molecule has 0 radical (unpaired) electrons. The van der Waals surface area contributed by atoms with E-state index in [1.165, 1.54) is 0 Å². The zero-order valence-corrected chi connectivity index (χ0v) is 20.9. The number of aromatic nitrogens is 2. The Kier molecular flexibility index (Phi) is 6.22. The monoisotopic (exact) mass is 476 g/mol. The standard InChI is InChI=1S/C24H32N2O4S2/c1-15(2)31(27,28)23-19-11-7-5-9-17(19)13-21(25-23)22-14-18-10-6-8-12-20(18)24(26-22)32(29,30)16(3)4/h13-16H,5-12H2,1-4H3. The summed E-state index contributed by atoms with van der Waals surface area (Å²) in [5, 5.41) is -0.866. The van der Waals surface area contributed by atoms with Crippen molar-refractivity contribution in [3.63, 3.8) is 0 Å². The molecule has 4 rings (SSSR count). The lowest BCUT2D eigenvalue weighted by atomic mass is 9.91. The number of fused-ring (bicyclic) bond motifs is 2. The second-order valence-electron chi connectivity index (χ2n) is 9.50. The molecule has 0 unspecified atom stereocenters. The minimum atomic E-state index is -3.58. The molecule has 174 valence electrons. The van der Waals surface area contributed by atoms with Gasteiger partial charge in [-0.05, 0) is 113 Å². The van der Waals surface area contributed by atoms with E-state index in [9.17, 15) is 16.8 Å². The zero-order chi connectivity index (χ0) is 23.3. The minimum absolute atomic E-state index is 0.146. The highest BCUT2D eigenvalue weighted by atomic mass is 32.2. The van der Waals surface area contributed by atoms with Crippen LogP contribution in [-0.4, -0.2) is 37.3 Å². The van der Waals surface area contributed by atoms with Crippen LogP contribution in [0.15, 0.2) is 22.2 Å². The van der Waals surface area contributed by atoms with Crippen LogP contribution in [0.1, 0.15) is 75.6 Å². The summed E-state index contributed by atoms with van der Waals surface area (Å²) in [5.74, 6) is 0. The summed E-state index contributed by atoms with van der Waals surface area (Å²) in [7, 11) is -7.15. The first-order valence-electron chi connectivity index (χ1n) is 11.6. The van der Waals surface area contributed by atoms with E-state index in [0.717, 1.165) is 60.8 Å². The van der Waals surface area contributed by atoms with Crippen LogP contribution < -0.4 is 0 Å². The molecule has 0 aliphatic heterocycles. The maximum Gasteiger partial charge on any atom is 0.198 e. The third-order valence-electron chi connectivity index (χ3n) is 6.65. The smallest absolute Gasteiger partial charge is 0.198 e. The van der Waals surface area contributed by atoms with Gasteiger partial charge in [-0.15, -0.1) is 0 Å². The predicted molar refractivity (Wildman–Crippen MR) is 125 cm³/mol. The van der Waals surface area contributed by atoms with Crippen molar-refractivity contribution >= 4 is 19.7 Å². The Morgan fingerprint density at radius 1 is 0.625 bits per heavy atom. The molecule has 2 aliphatic carbocycles. The number of sulfone groups is 2. The zero-order valence-electron chi connectivity index (χ0n) is 19.3. The molecular formula is C24H32N2O4S2. The second kappa shape index (κ2) is 8.52. The number of nitrogens with zero attached hydrogens (tertiary/aromatic N) is 2. The minimum Gasteiger partial charge on any atom is -0.234 e. The third-order valence-corrected chi connectivity index (χ3v) is 10.9. The lowest BCUT2D eigenvalue weighted by Crippen LogP contribution is -2.22. The number of hydrogen-bond donors (Lipinski definition) is 0. The Balaban J connectivity index is 1.98. The van der Waals surface area contributed by atoms with Crippen molar-refractivity contribution in [2.24, 2.45) is 0 Å². The summed E-state index contributed by atoms with van der Waals surface area (Å²) in [4.78, 5) is 9.24. The molecule has 0 atom stereocenters. The summed E-state index contributed by atoms with van der Waals surface area (Å²) < 4.78 is 52.6. The molecule has 32 heavy (non-hydrogen) atoms. The Morgan fingerprint density at radius 2 is 0.969 bits per heavy atom. The maximum atomic E-state index is 13.2. The Bertz CT molecular complexity index is 1160. The van der Waals surface area contributed by atoms with Crippen LogP contribution in [0.3, 0.4) is 0 Å². The molecule has 0 aromatic carbocycles. The number of rotatable bonds is 5. The van der Waals surface area contributed by atoms with Crippen molar-refractivity contribution in [2.45, 2.75) is 99.6 Å². The average molecular weight is 477 g/mol. The molecule has 2 aromatic rings. The normalized spacial score (nSPS) is 16.8. The molecule has 8 heteroatoms. The van der Waals surface area contributed by atoms with Crippen LogP contribution in [0.5, 0.6) is 0 Å². The van der Waals surface area contributed by atoms with Crippen molar-refractivity contribution in [2.75, 3.05) is 0 Å². The Morgan fingerprint density at radius 3 is 1.31 bits per heavy atom. The third kappa shape index (κ3) is 4.00. The lowest BCUT2D eigenvalue weighted by Gasteiger charge is -2.23. The van der Waals surface area contributed by atoms with E-state index in [0.29, 0.717) is 24.2 Å².